The fourth-order valence-electron chi connectivity index (χ4n) is 4.63. The molecule has 2 aliphatic rings. The van der Waals surface area contributed by atoms with Crippen LogP contribution in [-0.2, 0) is 14.4 Å². The van der Waals surface area contributed by atoms with E-state index in [4.69, 9.17) is 4.74 Å². The van der Waals surface area contributed by atoms with Gasteiger partial charge in [0.25, 0.3) is 11.8 Å². The average Bonchev–Trinajstić information content (AvgIpc) is 3.38. The standard InChI is InChI=1S/C25H26N2O5/c1-16-7-3-6-10-21(16)24(30)26(18-8-4-5-9-18)22-15-23(29)27(25(22)31)19-11-13-20(14-12-19)32-17(2)28/h3,6-7,10-14,18,22H,4-5,8-9,15H2,1-2H3. The van der Waals surface area contributed by atoms with E-state index >= 15 is 0 Å². The zero-order chi connectivity index (χ0) is 22.8. The number of ether oxygens (including phenoxy) is 1. The van der Waals surface area contributed by atoms with Crippen LogP contribution in [0, 0.1) is 6.92 Å². The van der Waals surface area contributed by atoms with Gasteiger partial charge < -0.3 is 9.64 Å². The van der Waals surface area contributed by atoms with Gasteiger partial charge in [0, 0.05) is 18.5 Å². The number of aryl methyl sites for hydroxylation is 1. The summed E-state index contributed by atoms with van der Waals surface area (Å²) in [6, 6.07) is 12.7. The number of amides is 3. The van der Waals surface area contributed by atoms with Crippen LogP contribution >= 0.6 is 0 Å². The Hall–Kier alpha value is -3.48. The number of nitrogens with zero attached hydrogens (tertiary/aromatic N) is 2. The lowest BCUT2D eigenvalue weighted by molar-refractivity contribution is -0.132. The van der Waals surface area contributed by atoms with E-state index in [-0.39, 0.29) is 24.3 Å². The minimum atomic E-state index is -0.828. The van der Waals surface area contributed by atoms with Crippen LogP contribution in [0.1, 0.15) is 54.9 Å². The fraction of sp³-hybridized carbons (Fsp3) is 0.360. The molecule has 0 spiro atoms. The summed E-state index contributed by atoms with van der Waals surface area (Å²) in [5, 5.41) is 0. The summed E-state index contributed by atoms with van der Waals surface area (Å²) in [6.45, 7) is 3.17. The van der Waals surface area contributed by atoms with Gasteiger partial charge in [0.1, 0.15) is 11.8 Å². The van der Waals surface area contributed by atoms with Crippen molar-refractivity contribution < 1.29 is 23.9 Å². The second-order valence-electron chi connectivity index (χ2n) is 8.34. The highest BCUT2D eigenvalue weighted by Crippen LogP contribution is 2.33. The van der Waals surface area contributed by atoms with E-state index < -0.39 is 17.9 Å². The highest BCUT2D eigenvalue weighted by molar-refractivity contribution is 6.23. The number of benzene rings is 2. The summed E-state index contributed by atoms with van der Waals surface area (Å²) in [7, 11) is 0. The van der Waals surface area contributed by atoms with Gasteiger partial charge in [-0.2, -0.15) is 0 Å². The smallest absolute Gasteiger partial charge is 0.308 e. The van der Waals surface area contributed by atoms with Crippen molar-refractivity contribution in [1.29, 1.82) is 0 Å². The van der Waals surface area contributed by atoms with Crippen molar-refractivity contribution >= 4 is 29.4 Å². The number of carbonyl (C=O) groups is 4. The first-order valence-corrected chi connectivity index (χ1v) is 10.9. The highest BCUT2D eigenvalue weighted by Gasteiger charge is 2.47. The minimum absolute atomic E-state index is 0.0430. The van der Waals surface area contributed by atoms with Crippen LogP contribution in [0.15, 0.2) is 48.5 Å². The summed E-state index contributed by atoms with van der Waals surface area (Å²) in [4.78, 5) is 53.8. The van der Waals surface area contributed by atoms with Crippen LogP contribution < -0.4 is 9.64 Å². The predicted octanol–water partition coefficient (Wildman–Crippen LogP) is 3.64. The third-order valence-corrected chi connectivity index (χ3v) is 6.14. The Morgan fingerprint density at radius 3 is 2.28 bits per heavy atom. The molecule has 0 radical (unpaired) electrons. The summed E-state index contributed by atoms with van der Waals surface area (Å²) < 4.78 is 5.02. The largest absolute Gasteiger partial charge is 0.427 e. The van der Waals surface area contributed by atoms with Crippen LogP contribution in [0.3, 0.4) is 0 Å². The van der Waals surface area contributed by atoms with E-state index in [1.807, 2.05) is 25.1 Å². The van der Waals surface area contributed by atoms with Gasteiger partial charge in [0.2, 0.25) is 5.91 Å². The molecule has 7 heteroatoms. The molecular weight excluding hydrogens is 408 g/mol. The van der Waals surface area contributed by atoms with Crippen molar-refractivity contribution in [1.82, 2.24) is 4.90 Å². The Bertz CT molecular complexity index is 1060. The van der Waals surface area contributed by atoms with E-state index in [1.54, 1.807) is 23.1 Å². The molecule has 0 N–H and O–H groups in total. The lowest BCUT2D eigenvalue weighted by Gasteiger charge is -2.33. The molecule has 1 saturated heterocycles. The van der Waals surface area contributed by atoms with Crippen molar-refractivity contribution in [2.75, 3.05) is 4.90 Å². The Kier molecular flexibility index (Phi) is 6.08. The van der Waals surface area contributed by atoms with E-state index in [1.165, 1.54) is 19.1 Å². The zero-order valence-electron chi connectivity index (χ0n) is 18.2. The molecule has 1 aliphatic carbocycles. The first-order valence-electron chi connectivity index (χ1n) is 10.9. The van der Waals surface area contributed by atoms with Crippen molar-refractivity contribution in [2.24, 2.45) is 0 Å². The second kappa shape index (κ2) is 8.94. The third kappa shape index (κ3) is 4.15. The van der Waals surface area contributed by atoms with E-state index in [0.717, 1.165) is 36.1 Å². The number of rotatable bonds is 5. The maximum atomic E-state index is 13.6. The monoisotopic (exact) mass is 434 g/mol. The summed E-state index contributed by atoms with van der Waals surface area (Å²) in [5.41, 5.74) is 1.80. The Morgan fingerprint density at radius 1 is 1.00 bits per heavy atom. The molecule has 1 aliphatic heterocycles. The Balaban J connectivity index is 1.63. The molecule has 32 heavy (non-hydrogen) atoms. The van der Waals surface area contributed by atoms with Gasteiger partial charge >= 0.3 is 5.97 Å². The Morgan fingerprint density at radius 2 is 1.66 bits per heavy atom. The molecule has 166 valence electrons. The number of hydrogen-bond donors (Lipinski definition) is 0. The highest BCUT2D eigenvalue weighted by atomic mass is 16.5. The van der Waals surface area contributed by atoms with Crippen molar-refractivity contribution in [2.45, 2.75) is 58.0 Å². The lowest BCUT2D eigenvalue weighted by atomic mass is 10.0. The van der Waals surface area contributed by atoms with Crippen molar-refractivity contribution in [3.63, 3.8) is 0 Å². The van der Waals surface area contributed by atoms with Crippen LogP contribution in [0.5, 0.6) is 5.75 Å². The van der Waals surface area contributed by atoms with Gasteiger partial charge in [-0.15, -0.1) is 0 Å². The summed E-state index contributed by atoms with van der Waals surface area (Å²) >= 11 is 0. The molecule has 0 bridgehead atoms. The molecule has 1 saturated carbocycles. The molecule has 3 amide bonds. The van der Waals surface area contributed by atoms with Crippen LogP contribution in [0.25, 0.3) is 0 Å². The minimum Gasteiger partial charge on any atom is -0.427 e. The maximum absolute atomic E-state index is 13.6. The lowest BCUT2D eigenvalue weighted by Crippen LogP contribution is -2.50. The zero-order valence-corrected chi connectivity index (χ0v) is 18.2. The van der Waals surface area contributed by atoms with Gasteiger partial charge in [0.05, 0.1) is 12.1 Å². The van der Waals surface area contributed by atoms with Gasteiger partial charge in [-0.1, -0.05) is 31.0 Å². The number of hydrogen-bond acceptors (Lipinski definition) is 5. The number of esters is 1. The molecule has 2 aromatic carbocycles. The normalized spacial score (nSPS) is 18.8. The number of anilines is 1. The van der Waals surface area contributed by atoms with Crippen LogP contribution in [0.4, 0.5) is 5.69 Å². The molecule has 4 rings (SSSR count). The van der Waals surface area contributed by atoms with Crippen molar-refractivity contribution in [3.8, 4) is 5.75 Å². The summed E-state index contributed by atoms with van der Waals surface area (Å²) in [5.74, 6) is -1.06. The topological polar surface area (TPSA) is 84.0 Å². The molecule has 7 nitrogen and oxygen atoms in total. The van der Waals surface area contributed by atoms with Gasteiger partial charge in [-0.05, 0) is 55.7 Å². The molecular formula is C25H26N2O5. The second-order valence-corrected chi connectivity index (χ2v) is 8.34. The van der Waals surface area contributed by atoms with Crippen LogP contribution in [-0.4, -0.2) is 40.7 Å². The van der Waals surface area contributed by atoms with Gasteiger partial charge in [-0.3, -0.25) is 19.2 Å². The van der Waals surface area contributed by atoms with E-state index in [2.05, 4.69) is 0 Å². The summed E-state index contributed by atoms with van der Waals surface area (Å²) in [6.07, 6.45) is 3.61. The first-order chi connectivity index (χ1) is 15.4. The molecule has 1 unspecified atom stereocenters. The average molecular weight is 434 g/mol. The molecule has 2 fully saturated rings. The quantitative estimate of drug-likeness (QED) is 0.408. The van der Waals surface area contributed by atoms with E-state index in [9.17, 15) is 19.2 Å². The van der Waals surface area contributed by atoms with Gasteiger partial charge in [-0.25, -0.2) is 4.90 Å². The number of imide groups is 1. The fourth-order valence-corrected chi connectivity index (χ4v) is 4.63. The first kappa shape index (κ1) is 21.7. The SMILES string of the molecule is CC(=O)Oc1ccc(N2C(=O)CC(N(C(=O)c3ccccc3C)C3CCCC3)C2=O)cc1. The molecule has 1 heterocycles. The maximum Gasteiger partial charge on any atom is 0.308 e. The van der Waals surface area contributed by atoms with Crippen LogP contribution in [0.2, 0.25) is 0 Å². The Labute approximate surface area is 187 Å². The molecule has 1 atom stereocenters. The van der Waals surface area contributed by atoms with Gasteiger partial charge in [0.15, 0.2) is 0 Å². The number of carbonyl (C=O) groups excluding carboxylic acids is 4. The molecule has 2 aromatic rings. The molecule has 0 aromatic heterocycles. The van der Waals surface area contributed by atoms with Crippen molar-refractivity contribution in [3.05, 3.63) is 59.7 Å². The third-order valence-electron chi connectivity index (χ3n) is 6.14. The predicted molar refractivity (Wildman–Crippen MR) is 118 cm³/mol. The van der Waals surface area contributed by atoms with E-state index in [0.29, 0.717) is 17.0 Å².